The maximum Gasteiger partial charge on any atom is 0.235 e. The largest absolute Gasteiger partial charge is 0.376 e. The van der Waals surface area contributed by atoms with E-state index in [0.717, 1.165) is 4.90 Å². The lowest BCUT2D eigenvalue weighted by Gasteiger charge is -2.15. The summed E-state index contributed by atoms with van der Waals surface area (Å²) < 4.78 is 0. The molecule has 0 atom stereocenters. The molecule has 0 aliphatic heterocycles. The van der Waals surface area contributed by atoms with Crippen LogP contribution >= 0.6 is 0 Å². The van der Waals surface area contributed by atoms with Gasteiger partial charge in [0.25, 0.3) is 0 Å². The number of anilines is 6. The van der Waals surface area contributed by atoms with E-state index in [9.17, 15) is 0 Å². The van der Waals surface area contributed by atoms with Gasteiger partial charge in [0.05, 0.1) is 0 Å². The molecule has 12 N–H and O–H groups in total. The molecule has 2 heterocycles. The van der Waals surface area contributed by atoms with E-state index in [1.165, 1.54) is 0 Å². The number of hydrogen-bond acceptors (Lipinski definition) is 15. The van der Waals surface area contributed by atoms with Crippen LogP contribution in [0.25, 0.3) is 0 Å². The lowest BCUT2D eigenvalue weighted by atomic mass is 10.7. The fourth-order valence-electron chi connectivity index (χ4n) is 1.27. The van der Waals surface area contributed by atoms with Gasteiger partial charge in [-0.05, 0) is 0 Å². The molecule has 0 bridgehead atoms. The summed E-state index contributed by atoms with van der Waals surface area (Å²) in [5.41, 5.74) is 21.0. The minimum atomic E-state index is -0.431. The average molecular weight is 342 g/mol. The average Bonchev–Trinajstić information content (AvgIpc) is 2.47. The van der Waals surface area contributed by atoms with E-state index in [4.69, 9.17) is 38.3 Å². The van der Waals surface area contributed by atoms with Crippen molar-refractivity contribution >= 4 is 35.7 Å². The first kappa shape index (κ1) is 18.7. The quantitative estimate of drug-likeness (QED) is 0.242. The van der Waals surface area contributed by atoms with Gasteiger partial charge in [0, 0.05) is 0 Å². The van der Waals surface area contributed by atoms with Crippen molar-refractivity contribution in [1.29, 1.82) is 0 Å². The molecule has 132 valence electrons. The fraction of sp³-hybridized carbons (Fsp3) is 0.333. The van der Waals surface area contributed by atoms with Crippen LogP contribution in [0.3, 0.4) is 0 Å². The molecule has 0 aromatic carbocycles. The monoisotopic (exact) mass is 342 g/mol. The predicted octanol–water partition coefficient (Wildman–Crippen LogP) is -3.86. The highest BCUT2D eigenvalue weighted by Gasteiger charge is 2.08. The number of aromatic nitrogens is 6. The minimum absolute atomic E-state index is 0.0217. The summed E-state index contributed by atoms with van der Waals surface area (Å²) in [6, 6.07) is 0. The van der Waals surface area contributed by atoms with E-state index < -0.39 is 13.5 Å². The van der Waals surface area contributed by atoms with Crippen LogP contribution in [-0.4, -0.2) is 65.4 Å². The number of nitrogens with two attached hydrogens (primary N) is 4. The standard InChI is InChI=1S/C5H10N6O2.C4H8N6O/c6-3-8-4(7)10-5(9-3)11(1-12)2-13;5-2-8-3(6)10-4(9-2)7-1-11/h12-13H,1-2H2,(H4,6,7,8,9,10);11H,1H2,(H5,5,6,7,8,9,10). The van der Waals surface area contributed by atoms with E-state index in [2.05, 4.69) is 35.2 Å². The number of aliphatic hydroxyl groups is 3. The molecule has 0 spiro atoms. The van der Waals surface area contributed by atoms with Crippen LogP contribution in [0.1, 0.15) is 0 Å². The molecule has 0 fully saturated rings. The number of nitrogens with one attached hydrogen (secondary N) is 1. The van der Waals surface area contributed by atoms with Gasteiger partial charge in [-0.3, -0.25) is 4.90 Å². The summed E-state index contributed by atoms with van der Waals surface area (Å²) in [4.78, 5) is 22.7. The first-order valence-electron chi connectivity index (χ1n) is 6.25. The molecule has 2 aromatic rings. The van der Waals surface area contributed by atoms with E-state index in [1.807, 2.05) is 0 Å². The molecule has 0 aliphatic rings. The third-order valence-corrected chi connectivity index (χ3v) is 2.19. The molecular weight excluding hydrogens is 324 g/mol. The van der Waals surface area contributed by atoms with Gasteiger partial charge in [-0.25, -0.2) is 0 Å². The maximum absolute atomic E-state index is 8.75. The van der Waals surface area contributed by atoms with Crippen LogP contribution < -0.4 is 33.2 Å². The van der Waals surface area contributed by atoms with Gasteiger partial charge in [0.2, 0.25) is 35.7 Å². The Morgan fingerprint density at radius 2 is 1.12 bits per heavy atom. The molecular formula is C9H18N12O3. The molecule has 0 saturated heterocycles. The van der Waals surface area contributed by atoms with Crippen molar-refractivity contribution in [2.45, 2.75) is 0 Å². The van der Waals surface area contributed by atoms with Crippen molar-refractivity contribution in [3.05, 3.63) is 0 Å². The lowest BCUT2D eigenvalue weighted by Crippen LogP contribution is -2.27. The van der Waals surface area contributed by atoms with Crippen molar-refractivity contribution < 1.29 is 15.3 Å². The summed E-state index contributed by atoms with van der Waals surface area (Å²) in [6.07, 6.45) is 0. The van der Waals surface area contributed by atoms with Gasteiger partial charge in [0.1, 0.15) is 20.2 Å². The number of rotatable bonds is 5. The Bertz CT molecular complexity index is 611. The number of aliphatic hydroxyl groups excluding tert-OH is 3. The Kier molecular flexibility index (Phi) is 7.01. The third kappa shape index (κ3) is 5.83. The van der Waals surface area contributed by atoms with E-state index in [-0.39, 0.29) is 42.4 Å². The normalized spacial score (nSPS) is 9.79. The first-order valence-corrected chi connectivity index (χ1v) is 6.25. The van der Waals surface area contributed by atoms with Crippen molar-refractivity contribution in [2.24, 2.45) is 0 Å². The Balaban J connectivity index is 0.000000243. The van der Waals surface area contributed by atoms with Crippen molar-refractivity contribution in [3.63, 3.8) is 0 Å². The molecule has 2 aromatic heterocycles. The third-order valence-electron chi connectivity index (χ3n) is 2.19. The minimum Gasteiger partial charge on any atom is -0.376 e. The second kappa shape index (κ2) is 8.98. The Labute approximate surface area is 135 Å². The van der Waals surface area contributed by atoms with Crippen molar-refractivity contribution in [3.8, 4) is 0 Å². The Morgan fingerprint density at radius 3 is 1.50 bits per heavy atom. The van der Waals surface area contributed by atoms with Crippen LogP contribution in [0.2, 0.25) is 0 Å². The summed E-state index contributed by atoms with van der Waals surface area (Å²) in [5, 5.41) is 28.3. The van der Waals surface area contributed by atoms with Crippen LogP contribution in [0, 0.1) is 0 Å². The lowest BCUT2D eigenvalue weighted by molar-refractivity contribution is 0.220. The Hall–Kier alpha value is -3.30. The van der Waals surface area contributed by atoms with Gasteiger partial charge in [-0.1, -0.05) is 0 Å². The zero-order valence-electron chi connectivity index (χ0n) is 12.4. The SMILES string of the molecule is Nc1nc(N)nc(N(CO)CO)n1.Nc1nc(N)nc(NCO)n1. The topological polar surface area (TPSA) is 257 Å². The molecule has 2 rings (SSSR count). The van der Waals surface area contributed by atoms with E-state index in [0.29, 0.717) is 0 Å². The second-order valence-electron chi connectivity index (χ2n) is 3.88. The van der Waals surface area contributed by atoms with Crippen LogP contribution in [-0.2, 0) is 0 Å². The summed E-state index contributed by atoms with van der Waals surface area (Å²) in [7, 11) is 0. The van der Waals surface area contributed by atoms with E-state index in [1.54, 1.807) is 0 Å². The van der Waals surface area contributed by atoms with Crippen molar-refractivity contribution in [1.82, 2.24) is 29.9 Å². The summed E-state index contributed by atoms with van der Waals surface area (Å²) in [5.74, 6) is 0.123. The zero-order valence-corrected chi connectivity index (χ0v) is 12.4. The molecule has 15 nitrogen and oxygen atoms in total. The highest BCUT2D eigenvalue weighted by Crippen LogP contribution is 2.08. The molecule has 24 heavy (non-hydrogen) atoms. The summed E-state index contributed by atoms with van der Waals surface area (Å²) in [6.45, 7) is -1.14. The molecule has 0 radical (unpaired) electrons. The fourth-order valence-corrected chi connectivity index (χ4v) is 1.27. The van der Waals surface area contributed by atoms with Crippen LogP contribution in [0.4, 0.5) is 35.7 Å². The highest BCUT2D eigenvalue weighted by atomic mass is 16.3. The Morgan fingerprint density at radius 1 is 0.708 bits per heavy atom. The maximum atomic E-state index is 8.75. The molecule has 0 saturated carbocycles. The van der Waals surface area contributed by atoms with Crippen LogP contribution in [0.5, 0.6) is 0 Å². The first-order chi connectivity index (χ1) is 11.4. The molecule has 15 heteroatoms. The summed E-state index contributed by atoms with van der Waals surface area (Å²) >= 11 is 0. The van der Waals surface area contributed by atoms with Crippen LogP contribution in [0.15, 0.2) is 0 Å². The number of nitrogens with zero attached hydrogens (tertiary/aromatic N) is 7. The van der Waals surface area contributed by atoms with Crippen molar-refractivity contribution in [2.75, 3.05) is 53.3 Å². The smallest absolute Gasteiger partial charge is 0.235 e. The highest BCUT2D eigenvalue weighted by molar-refractivity contribution is 5.38. The van der Waals surface area contributed by atoms with Gasteiger partial charge >= 0.3 is 0 Å². The predicted molar refractivity (Wildman–Crippen MR) is 84.7 cm³/mol. The number of hydrogen-bond donors (Lipinski definition) is 8. The van der Waals surface area contributed by atoms with Gasteiger partial charge in [-0.15, -0.1) is 0 Å². The van der Waals surface area contributed by atoms with Gasteiger partial charge < -0.3 is 43.6 Å². The van der Waals surface area contributed by atoms with Gasteiger partial charge in [0.15, 0.2) is 0 Å². The molecule has 0 unspecified atom stereocenters. The molecule has 0 aliphatic carbocycles. The van der Waals surface area contributed by atoms with Gasteiger partial charge in [-0.2, -0.15) is 29.9 Å². The number of nitrogen functional groups attached to an aromatic ring is 4. The molecule has 0 amide bonds. The zero-order chi connectivity index (χ0) is 18.1. The van der Waals surface area contributed by atoms with E-state index >= 15 is 0 Å². The second-order valence-corrected chi connectivity index (χ2v) is 3.88.